The van der Waals surface area contributed by atoms with Crippen molar-refractivity contribution in [1.82, 2.24) is 0 Å². The van der Waals surface area contributed by atoms with Gasteiger partial charge in [-0.2, -0.15) is 0 Å². The summed E-state index contributed by atoms with van der Waals surface area (Å²) in [5, 5.41) is 0.680. The number of ether oxygens (including phenoxy) is 1. The van der Waals surface area contributed by atoms with E-state index in [1.165, 1.54) is 17.7 Å². The van der Waals surface area contributed by atoms with Crippen LogP contribution >= 0.6 is 23.4 Å². The SMILES string of the molecule is C=C=C1CSC(c2ccc(F)cc2)N1c1ccc(C(=O)OCC2(c3ccc(Cl)cc3)CCCC2)cc1C. The first kappa shape index (κ1) is 25.7. The Morgan fingerprint density at radius 1 is 1.14 bits per heavy atom. The van der Waals surface area contributed by atoms with Crippen LogP contribution in [0.15, 0.2) is 84.7 Å². The number of aryl methyl sites for hydroxylation is 1. The Kier molecular flexibility index (Phi) is 7.48. The molecule has 1 aliphatic heterocycles. The number of benzene rings is 3. The molecule has 0 radical (unpaired) electrons. The molecule has 1 unspecified atom stereocenters. The molecule has 3 aromatic carbocycles. The Morgan fingerprint density at radius 3 is 2.49 bits per heavy atom. The molecule has 6 heteroatoms. The number of rotatable bonds is 6. The Balaban J connectivity index is 1.35. The lowest BCUT2D eigenvalue weighted by Gasteiger charge is -2.29. The van der Waals surface area contributed by atoms with Crippen LogP contribution in [-0.4, -0.2) is 18.3 Å². The quantitative estimate of drug-likeness (QED) is 0.235. The summed E-state index contributed by atoms with van der Waals surface area (Å²) in [7, 11) is 0. The number of hydrogen-bond donors (Lipinski definition) is 0. The molecule has 1 saturated heterocycles. The lowest BCUT2D eigenvalue weighted by Crippen LogP contribution is -2.30. The zero-order chi connectivity index (χ0) is 26.0. The minimum Gasteiger partial charge on any atom is -0.461 e. The third-order valence-corrected chi connectivity index (χ3v) is 8.94. The molecule has 0 spiro atoms. The van der Waals surface area contributed by atoms with Crippen molar-refractivity contribution in [3.8, 4) is 0 Å². The van der Waals surface area contributed by atoms with E-state index in [0.717, 1.165) is 53.9 Å². The molecule has 2 fully saturated rings. The van der Waals surface area contributed by atoms with Gasteiger partial charge in [0.05, 0.1) is 11.3 Å². The van der Waals surface area contributed by atoms with E-state index in [1.807, 2.05) is 49.4 Å². The molecule has 1 aliphatic carbocycles. The fourth-order valence-electron chi connectivity index (χ4n) is 5.44. The molecule has 3 aromatic rings. The molecule has 3 nitrogen and oxygen atoms in total. The summed E-state index contributed by atoms with van der Waals surface area (Å²) >= 11 is 7.84. The topological polar surface area (TPSA) is 29.5 Å². The van der Waals surface area contributed by atoms with Gasteiger partial charge in [-0.15, -0.1) is 17.5 Å². The van der Waals surface area contributed by atoms with Gasteiger partial charge in [0.15, 0.2) is 0 Å². The number of carbonyl (C=O) groups is 1. The number of thioether (sulfide) groups is 1. The summed E-state index contributed by atoms with van der Waals surface area (Å²) in [5.74, 6) is 0.175. The van der Waals surface area contributed by atoms with Crippen LogP contribution in [0.25, 0.3) is 0 Å². The normalized spacial score (nSPS) is 18.6. The van der Waals surface area contributed by atoms with Crippen LogP contribution in [0, 0.1) is 12.7 Å². The zero-order valence-corrected chi connectivity index (χ0v) is 22.4. The first-order valence-corrected chi connectivity index (χ1v) is 13.9. The maximum atomic E-state index is 13.5. The van der Waals surface area contributed by atoms with Crippen LogP contribution in [0.5, 0.6) is 0 Å². The summed E-state index contributed by atoms with van der Waals surface area (Å²) in [4.78, 5) is 15.3. The first-order chi connectivity index (χ1) is 17.9. The van der Waals surface area contributed by atoms with Crippen molar-refractivity contribution >= 4 is 35.0 Å². The second-order valence-electron chi connectivity index (χ2n) is 9.78. The summed E-state index contributed by atoms with van der Waals surface area (Å²) in [6.45, 7) is 6.22. The van der Waals surface area contributed by atoms with Crippen molar-refractivity contribution in [2.24, 2.45) is 0 Å². The van der Waals surface area contributed by atoms with E-state index in [-0.39, 0.29) is 22.6 Å². The highest BCUT2D eigenvalue weighted by molar-refractivity contribution is 8.00. The van der Waals surface area contributed by atoms with Gasteiger partial charge in [-0.1, -0.05) is 55.3 Å². The maximum Gasteiger partial charge on any atom is 0.338 e. The molecule has 1 atom stereocenters. The van der Waals surface area contributed by atoms with E-state index in [1.54, 1.807) is 11.8 Å². The van der Waals surface area contributed by atoms with Gasteiger partial charge < -0.3 is 9.64 Å². The smallest absolute Gasteiger partial charge is 0.338 e. The predicted octanol–water partition coefficient (Wildman–Crippen LogP) is 8.38. The average molecular weight is 534 g/mol. The minimum absolute atomic E-state index is 0.0250. The van der Waals surface area contributed by atoms with Crippen LogP contribution in [0.3, 0.4) is 0 Å². The highest BCUT2D eigenvalue weighted by Crippen LogP contribution is 2.47. The van der Waals surface area contributed by atoms with E-state index >= 15 is 0 Å². The Hall–Kier alpha value is -2.98. The van der Waals surface area contributed by atoms with Crippen molar-refractivity contribution in [3.63, 3.8) is 0 Å². The number of nitrogens with zero attached hydrogens (tertiary/aromatic N) is 1. The molecule has 5 rings (SSSR count). The van der Waals surface area contributed by atoms with Crippen molar-refractivity contribution in [2.45, 2.75) is 43.4 Å². The molecule has 0 bridgehead atoms. The number of anilines is 1. The van der Waals surface area contributed by atoms with Gasteiger partial charge in [0.2, 0.25) is 0 Å². The molecule has 37 heavy (non-hydrogen) atoms. The van der Waals surface area contributed by atoms with Crippen LogP contribution in [0.2, 0.25) is 5.02 Å². The molecule has 1 saturated carbocycles. The van der Waals surface area contributed by atoms with E-state index in [2.05, 4.69) is 29.3 Å². The van der Waals surface area contributed by atoms with Gasteiger partial charge in [0.25, 0.3) is 0 Å². The van der Waals surface area contributed by atoms with E-state index in [9.17, 15) is 9.18 Å². The third-order valence-electron chi connectivity index (χ3n) is 7.45. The van der Waals surface area contributed by atoms with E-state index in [0.29, 0.717) is 17.2 Å². The molecular weight excluding hydrogens is 505 g/mol. The summed E-state index contributed by atoms with van der Waals surface area (Å²) in [6, 6.07) is 20.2. The van der Waals surface area contributed by atoms with Gasteiger partial charge in [0, 0.05) is 21.9 Å². The minimum atomic E-state index is -0.319. The second kappa shape index (κ2) is 10.8. The molecule has 1 heterocycles. The average Bonchev–Trinajstić information content (AvgIpc) is 3.56. The van der Waals surface area contributed by atoms with Crippen molar-refractivity contribution in [1.29, 1.82) is 0 Å². The van der Waals surface area contributed by atoms with Crippen molar-refractivity contribution < 1.29 is 13.9 Å². The molecular formula is C31H29ClFNO2S. The fourth-order valence-corrected chi connectivity index (χ4v) is 6.86. The second-order valence-corrected chi connectivity index (χ2v) is 11.3. The third kappa shape index (κ3) is 5.22. The standard InChI is InChI=1S/C31H29ClFNO2S/c1-3-27-19-37-29(22-6-13-26(33)14-7-22)34(27)28-15-8-23(18-21(28)2)30(35)36-20-31(16-4-5-17-31)24-9-11-25(32)12-10-24/h6-15,18,29H,1,4-5,16-17,19-20H2,2H3. The highest BCUT2D eigenvalue weighted by Gasteiger charge is 2.37. The molecule has 0 amide bonds. The number of carbonyl (C=O) groups excluding carboxylic acids is 1. The molecule has 0 N–H and O–H groups in total. The zero-order valence-electron chi connectivity index (χ0n) is 20.8. The number of esters is 1. The maximum absolute atomic E-state index is 13.5. The first-order valence-electron chi connectivity index (χ1n) is 12.5. The Labute approximate surface area is 227 Å². The van der Waals surface area contributed by atoms with Gasteiger partial charge in [-0.05, 0) is 78.9 Å². The lowest BCUT2D eigenvalue weighted by molar-refractivity contribution is 0.0402. The number of halogens is 2. The summed E-state index contributed by atoms with van der Waals surface area (Å²) < 4.78 is 19.4. The van der Waals surface area contributed by atoms with Crippen molar-refractivity contribution in [3.05, 3.63) is 118 Å². The van der Waals surface area contributed by atoms with Gasteiger partial charge >= 0.3 is 5.97 Å². The van der Waals surface area contributed by atoms with Gasteiger partial charge in [0.1, 0.15) is 17.8 Å². The summed E-state index contributed by atoms with van der Waals surface area (Å²) in [6.07, 6.45) is 4.23. The van der Waals surface area contributed by atoms with E-state index < -0.39 is 0 Å². The number of hydrogen-bond acceptors (Lipinski definition) is 4. The largest absolute Gasteiger partial charge is 0.461 e. The molecule has 190 valence electrons. The predicted molar refractivity (Wildman–Crippen MR) is 150 cm³/mol. The van der Waals surface area contributed by atoms with E-state index in [4.69, 9.17) is 16.3 Å². The van der Waals surface area contributed by atoms with Crippen LogP contribution in [0.4, 0.5) is 10.1 Å². The van der Waals surface area contributed by atoms with Gasteiger partial charge in [-0.25, -0.2) is 9.18 Å². The monoisotopic (exact) mass is 533 g/mol. The van der Waals surface area contributed by atoms with Crippen LogP contribution in [-0.2, 0) is 10.2 Å². The van der Waals surface area contributed by atoms with Gasteiger partial charge in [-0.3, -0.25) is 0 Å². The lowest BCUT2D eigenvalue weighted by atomic mass is 9.80. The molecule has 0 aromatic heterocycles. The Bertz CT molecular complexity index is 1340. The van der Waals surface area contributed by atoms with Crippen LogP contribution < -0.4 is 4.90 Å². The highest BCUT2D eigenvalue weighted by atomic mass is 35.5. The molecule has 2 aliphatic rings. The van der Waals surface area contributed by atoms with Crippen LogP contribution in [0.1, 0.15) is 58.1 Å². The van der Waals surface area contributed by atoms with Crippen molar-refractivity contribution in [2.75, 3.05) is 17.3 Å². The fraction of sp³-hybridized carbons (Fsp3) is 0.290. The summed E-state index contributed by atoms with van der Waals surface area (Å²) in [5.41, 5.74) is 8.49. The Morgan fingerprint density at radius 2 is 1.84 bits per heavy atom.